The molecule has 1 aliphatic rings. The van der Waals surface area contributed by atoms with Crippen LogP contribution in [0.25, 0.3) is 11.4 Å². The van der Waals surface area contributed by atoms with Gasteiger partial charge in [-0.2, -0.15) is 4.98 Å². The third-order valence-electron chi connectivity index (χ3n) is 4.19. The number of hydrogen-bond donors (Lipinski definition) is 0. The Morgan fingerprint density at radius 2 is 2.24 bits per heavy atom. The van der Waals surface area contributed by atoms with Crippen LogP contribution in [0.3, 0.4) is 0 Å². The minimum Gasteiger partial charge on any atom is -0.459 e. The molecule has 1 unspecified atom stereocenters. The van der Waals surface area contributed by atoms with E-state index >= 15 is 4.39 Å². The fraction of sp³-hybridized carbons (Fsp3) is 0.294. The van der Waals surface area contributed by atoms with E-state index in [0.717, 1.165) is 0 Å². The van der Waals surface area contributed by atoms with Crippen molar-refractivity contribution >= 4 is 5.91 Å². The average molecular weight is 342 g/mol. The van der Waals surface area contributed by atoms with E-state index in [1.165, 1.54) is 11.2 Å². The molecule has 1 fully saturated rings. The van der Waals surface area contributed by atoms with Gasteiger partial charge in [0.1, 0.15) is 0 Å². The molecule has 1 saturated heterocycles. The minimum atomic E-state index is -1.88. The van der Waals surface area contributed by atoms with Crippen molar-refractivity contribution in [3.63, 3.8) is 0 Å². The zero-order valence-electron chi connectivity index (χ0n) is 13.3. The van der Waals surface area contributed by atoms with E-state index in [-0.39, 0.29) is 36.3 Å². The van der Waals surface area contributed by atoms with E-state index in [2.05, 4.69) is 15.1 Å². The van der Waals surface area contributed by atoms with Crippen LogP contribution in [0.1, 0.15) is 29.3 Å². The Bertz CT molecular complexity index is 865. The van der Waals surface area contributed by atoms with E-state index in [0.29, 0.717) is 18.5 Å². The molecule has 0 saturated carbocycles. The van der Waals surface area contributed by atoms with Crippen molar-refractivity contribution < 1.29 is 18.1 Å². The second-order valence-corrected chi connectivity index (χ2v) is 5.94. The van der Waals surface area contributed by atoms with Crippen LogP contribution in [0.4, 0.5) is 4.39 Å². The molecular weight excluding hydrogens is 327 g/mol. The van der Waals surface area contributed by atoms with Gasteiger partial charge in [0.05, 0.1) is 12.8 Å². The molecule has 0 radical (unpaired) electrons. The first kappa shape index (κ1) is 15.5. The number of nitrogens with zero attached hydrogens (tertiary/aromatic N) is 4. The lowest BCUT2D eigenvalue weighted by molar-refractivity contribution is 0.0136. The lowest BCUT2D eigenvalue weighted by Crippen LogP contribution is -2.46. The second kappa shape index (κ2) is 6.12. The molecule has 1 amide bonds. The Balaban J connectivity index is 1.57. The maximum Gasteiger partial charge on any atom is 0.289 e. The summed E-state index contributed by atoms with van der Waals surface area (Å²) in [5, 5.41) is 3.84. The van der Waals surface area contributed by atoms with Crippen LogP contribution >= 0.6 is 0 Å². The van der Waals surface area contributed by atoms with E-state index in [1.807, 2.05) is 0 Å². The summed E-state index contributed by atoms with van der Waals surface area (Å²) >= 11 is 0. The number of rotatable bonds is 3. The highest BCUT2D eigenvalue weighted by Crippen LogP contribution is 2.36. The Labute approximate surface area is 142 Å². The number of likely N-dealkylation sites (tertiary alicyclic amines) is 1. The van der Waals surface area contributed by atoms with Crippen molar-refractivity contribution in [1.29, 1.82) is 0 Å². The van der Waals surface area contributed by atoms with Crippen molar-refractivity contribution in [1.82, 2.24) is 20.0 Å². The quantitative estimate of drug-likeness (QED) is 0.727. The lowest BCUT2D eigenvalue weighted by Gasteiger charge is -2.34. The van der Waals surface area contributed by atoms with Crippen LogP contribution in [0.2, 0.25) is 0 Å². The van der Waals surface area contributed by atoms with Gasteiger partial charge >= 0.3 is 0 Å². The van der Waals surface area contributed by atoms with Crippen LogP contribution in [0.5, 0.6) is 0 Å². The van der Waals surface area contributed by atoms with E-state index in [4.69, 9.17) is 8.94 Å². The van der Waals surface area contributed by atoms with Gasteiger partial charge in [-0.25, -0.2) is 4.39 Å². The normalized spacial score (nSPS) is 20.6. The summed E-state index contributed by atoms with van der Waals surface area (Å²) in [6.07, 6.45) is 5.32. The predicted octanol–water partition coefficient (Wildman–Crippen LogP) is 2.83. The minimum absolute atomic E-state index is 0.122. The van der Waals surface area contributed by atoms with Crippen molar-refractivity contribution in [2.24, 2.45) is 0 Å². The van der Waals surface area contributed by atoms with Crippen molar-refractivity contribution in [2.75, 3.05) is 13.1 Å². The van der Waals surface area contributed by atoms with E-state index in [9.17, 15) is 4.79 Å². The Morgan fingerprint density at radius 3 is 3.00 bits per heavy atom. The summed E-state index contributed by atoms with van der Waals surface area (Å²) in [6.45, 7) is 0.302. The monoisotopic (exact) mass is 342 g/mol. The Hall–Kier alpha value is -3.03. The largest absolute Gasteiger partial charge is 0.459 e. The Morgan fingerprint density at radius 1 is 1.32 bits per heavy atom. The van der Waals surface area contributed by atoms with E-state index < -0.39 is 5.67 Å². The average Bonchev–Trinajstić information content (AvgIpc) is 3.34. The Kier molecular flexibility index (Phi) is 3.79. The number of carbonyl (C=O) groups excluding carboxylic acids is 1. The van der Waals surface area contributed by atoms with Gasteiger partial charge in [-0.15, -0.1) is 0 Å². The fourth-order valence-electron chi connectivity index (χ4n) is 2.93. The molecule has 1 aliphatic heterocycles. The van der Waals surface area contributed by atoms with Crippen LogP contribution in [0, 0.1) is 0 Å². The molecule has 3 aromatic rings. The number of hydrogen-bond acceptors (Lipinski definition) is 6. The number of alkyl halides is 1. The molecule has 4 heterocycles. The first-order chi connectivity index (χ1) is 12.2. The van der Waals surface area contributed by atoms with Crippen LogP contribution in [-0.2, 0) is 5.67 Å². The molecule has 0 bridgehead atoms. The highest BCUT2D eigenvalue weighted by molar-refractivity contribution is 5.91. The number of halogens is 1. The molecule has 0 aliphatic carbocycles. The molecular formula is C17H15FN4O3. The van der Waals surface area contributed by atoms with Gasteiger partial charge in [-0.3, -0.25) is 9.78 Å². The molecule has 0 N–H and O–H groups in total. The van der Waals surface area contributed by atoms with Gasteiger partial charge in [0.2, 0.25) is 11.5 Å². The van der Waals surface area contributed by atoms with Crippen LogP contribution in [-0.4, -0.2) is 39.0 Å². The maximum absolute atomic E-state index is 15.4. The molecule has 4 rings (SSSR count). The van der Waals surface area contributed by atoms with Gasteiger partial charge in [-0.05, 0) is 37.1 Å². The first-order valence-corrected chi connectivity index (χ1v) is 7.92. The van der Waals surface area contributed by atoms with E-state index in [1.54, 1.807) is 36.7 Å². The lowest BCUT2D eigenvalue weighted by atomic mass is 9.94. The zero-order valence-corrected chi connectivity index (χ0v) is 13.3. The predicted molar refractivity (Wildman–Crippen MR) is 84.2 cm³/mol. The summed E-state index contributed by atoms with van der Waals surface area (Å²) in [4.78, 5) is 22.0. The van der Waals surface area contributed by atoms with Crippen LogP contribution in [0.15, 0.2) is 51.9 Å². The summed E-state index contributed by atoms with van der Waals surface area (Å²) in [7, 11) is 0. The molecule has 1 atom stereocenters. The third-order valence-corrected chi connectivity index (χ3v) is 4.19. The topological polar surface area (TPSA) is 85.3 Å². The van der Waals surface area contributed by atoms with Gasteiger partial charge in [0.25, 0.3) is 11.8 Å². The summed E-state index contributed by atoms with van der Waals surface area (Å²) < 4.78 is 25.7. The van der Waals surface area contributed by atoms with Crippen LogP contribution < -0.4 is 0 Å². The summed E-state index contributed by atoms with van der Waals surface area (Å²) in [6, 6.07) is 6.68. The molecule has 7 nitrogen and oxygen atoms in total. The molecule has 0 aromatic carbocycles. The number of aromatic nitrogens is 3. The maximum atomic E-state index is 15.4. The third kappa shape index (κ3) is 2.90. The van der Waals surface area contributed by atoms with Gasteiger partial charge < -0.3 is 13.8 Å². The smallest absolute Gasteiger partial charge is 0.289 e. The van der Waals surface area contributed by atoms with Gasteiger partial charge in [0.15, 0.2) is 5.76 Å². The standard InChI is InChI=1S/C17H15FN4O3/c18-17(16-20-14(21-25-16)12-4-1-7-19-10-12)6-3-8-22(11-17)15(23)13-5-2-9-24-13/h1-2,4-5,7,9-10H,3,6,8,11H2. The molecule has 128 valence electrons. The summed E-state index contributed by atoms with van der Waals surface area (Å²) in [5.74, 6) is -0.0116. The number of pyridine rings is 1. The summed E-state index contributed by atoms with van der Waals surface area (Å²) in [5.41, 5.74) is -1.24. The zero-order chi connectivity index (χ0) is 17.3. The highest BCUT2D eigenvalue weighted by atomic mass is 19.1. The number of furan rings is 1. The molecule has 0 spiro atoms. The van der Waals surface area contributed by atoms with Crippen molar-refractivity contribution in [2.45, 2.75) is 18.5 Å². The fourth-order valence-corrected chi connectivity index (χ4v) is 2.93. The van der Waals surface area contributed by atoms with Gasteiger partial charge in [0, 0.05) is 24.5 Å². The molecule has 3 aromatic heterocycles. The van der Waals surface area contributed by atoms with Gasteiger partial charge in [-0.1, -0.05) is 5.16 Å². The molecule has 8 heteroatoms. The SMILES string of the molecule is O=C(c1ccco1)N1CCCC(F)(c2nc(-c3cccnc3)no2)C1. The second-order valence-electron chi connectivity index (χ2n) is 5.94. The number of amides is 1. The van der Waals surface area contributed by atoms with Crippen molar-refractivity contribution in [3.8, 4) is 11.4 Å². The number of piperidine rings is 1. The highest BCUT2D eigenvalue weighted by Gasteiger charge is 2.44. The molecule has 25 heavy (non-hydrogen) atoms. The van der Waals surface area contributed by atoms with Crippen molar-refractivity contribution in [3.05, 3.63) is 54.6 Å². The number of carbonyl (C=O) groups is 1. The first-order valence-electron chi connectivity index (χ1n) is 7.92.